The Hall–Kier alpha value is -3.42. The predicted octanol–water partition coefficient (Wildman–Crippen LogP) is 2.47. The van der Waals surface area contributed by atoms with Crippen molar-refractivity contribution >= 4 is 23.3 Å². The second-order valence-corrected chi connectivity index (χ2v) is 7.59. The number of nitrogens with zero attached hydrogens (tertiary/aromatic N) is 3. The maximum Gasteiger partial charge on any atom is 0.328 e. The number of rotatable bonds is 4. The number of carbonyl (C=O) groups excluding carboxylic acids is 2. The molecule has 0 N–H and O–H groups in total. The van der Waals surface area contributed by atoms with Crippen LogP contribution in [0.4, 0.5) is 11.4 Å². The summed E-state index contributed by atoms with van der Waals surface area (Å²) >= 11 is 0. The van der Waals surface area contributed by atoms with Crippen LogP contribution in [0.25, 0.3) is 0 Å². The van der Waals surface area contributed by atoms with Gasteiger partial charge in [0, 0.05) is 31.3 Å². The second kappa shape index (κ2) is 8.14. The van der Waals surface area contributed by atoms with Crippen molar-refractivity contribution in [3.05, 3.63) is 69.3 Å². The number of hydrogen-bond donors (Lipinski definition) is 0. The smallest absolute Gasteiger partial charge is 0.328 e. The van der Waals surface area contributed by atoms with E-state index in [4.69, 9.17) is 4.74 Å². The number of fused-ring (bicyclic) bond motifs is 2. The fraction of sp³-hybridized carbons (Fsp3) is 0.364. The summed E-state index contributed by atoms with van der Waals surface area (Å²) in [4.78, 5) is 40.1. The molecule has 4 rings (SSSR count). The summed E-state index contributed by atoms with van der Waals surface area (Å²) in [7, 11) is 1.32. The lowest BCUT2D eigenvalue weighted by Crippen LogP contribution is -2.52. The van der Waals surface area contributed by atoms with Crippen molar-refractivity contribution in [1.82, 2.24) is 4.90 Å². The molecule has 156 valence electrons. The molecule has 0 bridgehead atoms. The molecule has 0 aliphatic carbocycles. The number of nitro groups is 1. The van der Waals surface area contributed by atoms with Gasteiger partial charge in [0.05, 0.1) is 24.1 Å². The molecule has 2 aliphatic rings. The van der Waals surface area contributed by atoms with Crippen LogP contribution in [0.2, 0.25) is 0 Å². The van der Waals surface area contributed by atoms with Gasteiger partial charge in [-0.1, -0.05) is 30.3 Å². The van der Waals surface area contributed by atoms with Gasteiger partial charge in [-0.05, 0) is 30.0 Å². The lowest BCUT2D eigenvalue weighted by Gasteiger charge is -2.38. The molecule has 0 saturated carbocycles. The van der Waals surface area contributed by atoms with E-state index in [1.165, 1.54) is 13.2 Å². The minimum absolute atomic E-state index is 0.0594. The van der Waals surface area contributed by atoms with Crippen molar-refractivity contribution in [3.63, 3.8) is 0 Å². The Morgan fingerprint density at radius 2 is 1.93 bits per heavy atom. The van der Waals surface area contributed by atoms with Gasteiger partial charge in [-0.3, -0.25) is 14.9 Å². The van der Waals surface area contributed by atoms with Gasteiger partial charge in [0.15, 0.2) is 0 Å². The summed E-state index contributed by atoms with van der Waals surface area (Å²) in [6.07, 6.45) is 1.75. The van der Waals surface area contributed by atoms with Gasteiger partial charge in [-0.2, -0.15) is 0 Å². The van der Waals surface area contributed by atoms with Crippen LogP contribution in [0, 0.1) is 10.1 Å². The molecule has 1 atom stereocenters. The third kappa shape index (κ3) is 3.60. The summed E-state index contributed by atoms with van der Waals surface area (Å²) in [5.74, 6) is -0.633. The zero-order chi connectivity index (χ0) is 21.3. The van der Waals surface area contributed by atoms with Gasteiger partial charge < -0.3 is 14.5 Å². The van der Waals surface area contributed by atoms with E-state index in [1.807, 2.05) is 35.2 Å². The summed E-state index contributed by atoms with van der Waals surface area (Å²) in [5, 5.41) is 11.4. The number of anilines is 1. The maximum absolute atomic E-state index is 13.3. The largest absolute Gasteiger partial charge is 0.467 e. The number of amides is 1. The SMILES string of the molecule is COC(=O)[C@H]1Cc2ccccc2CN1C(=O)CN1CCCc2c1cccc2[N+](=O)[O-]. The Labute approximate surface area is 174 Å². The maximum atomic E-state index is 13.3. The Kier molecular flexibility index (Phi) is 5.39. The van der Waals surface area contributed by atoms with E-state index in [0.717, 1.165) is 23.2 Å². The highest BCUT2D eigenvalue weighted by Crippen LogP contribution is 2.34. The average Bonchev–Trinajstić information content (AvgIpc) is 2.77. The molecule has 8 heteroatoms. The van der Waals surface area contributed by atoms with Crippen LogP contribution in [0.3, 0.4) is 0 Å². The second-order valence-electron chi connectivity index (χ2n) is 7.59. The molecule has 0 fully saturated rings. The molecule has 1 amide bonds. The topological polar surface area (TPSA) is 93.0 Å². The van der Waals surface area contributed by atoms with Crippen molar-refractivity contribution in [2.75, 3.05) is 25.1 Å². The zero-order valence-electron chi connectivity index (χ0n) is 16.7. The van der Waals surface area contributed by atoms with Gasteiger partial charge in [0.1, 0.15) is 6.04 Å². The molecule has 0 radical (unpaired) electrons. The molecule has 0 spiro atoms. The first kappa shape index (κ1) is 19.9. The Balaban J connectivity index is 1.60. The fourth-order valence-electron chi connectivity index (χ4n) is 4.40. The minimum Gasteiger partial charge on any atom is -0.467 e. The number of nitro benzene ring substituents is 1. The first-order valence-electron chi connectivity index (χ1n) is 9.95. The highest BCUT2D eigenvalue weighted by atomic mass is 16.6. The van der Waals surface area contributed by atoms with Gasteiger partial charge >= 0.3 is 5.97 Å². The molecule has 2 aromatic rings. The van der Waals surface area contributed by atoms with Crippen LogP contribution in [0.15, 0.2) is 42.5 Å². The van der Waals surface area contributed by atoms with Gasteiger partial charge in [-0.15, -0.1) is 0 Å². The number of benzene rings is 2. The molecule has 0 aromatic heterocycles. The Morgan fingerprint density at radius 1 is 1.17 bits per heavy atom. The standard InChI is InChI=1S/C22H23N3O5/c1-30-22(27)20-12-15-6-2-3-7-16(15)13-24(20)21(26)14-23-11-5-8-17-18(23)9-4-10-19(17)25(28)29/h2-4,6-7,9-10,20H,5,8,11-14H2,1H3/t20-/m1/s1. The van der Waals surface area contributed by atoms with E-state index < -0.39 is 12.0 Å². The number of methoxy groups -OCH3 is 1. The van der Waals surface area contributed by atoms with E-state index >= 15 is 0 Å². The van der Waals surface area contributed by atoms with E-state index in [-0.39, 0.29) is 23.1 Å². The monoisotopic (exact) mass is 409 g/mol. The first-order chi connectivity index (χ1) is 14.5. The summed E-state index contributed by atoms with van der Waals surface area (Å²) in [6.45, 7) is 1.03. The third-order valence-corrected chi connectivity index (χ3v) is 5.89. The number of ether oxygens (including phenoxy) is 1. The van der Waals surface area contributed by atoms with E-state index in [9.17, 15) is 19.7 Å². The normalized spacial score (nSPS) is 17.7. The van der Waals surface area contributed by atoms with Crippen molar-refractivity contribution in [1.29, 1.82) is 0 Å². The van der Waals surface area contributed by atoms with Gasteiger partial charge in [0.25, 0.3) is 5.69 Å². The summed E-state index contributed by atoms with van der Waals surface area (Å²) < 4.78 is 4.95. The molecule has 0 saturated heterocycles. The number of carbonyl (C=O) groups is 2. The Bertz CT molecular complexity index is 1010. The van der Waals surface area contributed by atoms with Crippen molar-refractivity contribution in [3.8, 4) is 0 Å². The quantitative estimate of drug-likeness (QED) is 0.438. The first-order valence-corrected chi connectivity index (χ1v) is 9.95. The summed E-state index contributed by atoms with van der Waals surface area (Å²) in [5.41, 5.74) is 3.52. The molecular formula is C22H23N3O5. The molecule has 8 nitrogen and oxygen atoms in total. The molecule has 2 aliphatic heterocycles. The Morgan fingerprint density at radius 3 is 2.67 bits per heavy atom. The number of esters is 1. The van der Waals surface area contributed by atoms with E-state index in [1.54, 1.807) is 11.0 Å². The molecule has 30 heavy (non-hydrogen) atoms. The van der Waals surface area contributed by atoms with Crippen LogP contribution in [0.5, 0.6) is 0 Å². The van der Waals surface area contributed by atoms with Crippen molar-refractivity contribution in [2.45, 2.75) is 31.8 Å². The van der Waals surface area contributed by atoms with Gasteiger partial charge in [-0.25, -0.2) is 4.79 Å². The summed E-state index contributed by atoms with van der Waals surface area (Å²) in [6, 6.07) is 12.1. The van der Waals surface area contributed by atoms with Crippen LogP contribution in [-0.4, -0.2) is 47.9 Å². The highest BCUT2D eigenvalue weighted by Gasteiger charge is 2.36. The molecular weight excluding hydrogens is 386 g/mol. The lowest BCUT2D eigenvalue weighted by atomic mass is 9.93. The van der Waals surface area contributed by atoms with Crippen LogP contribution >= 0.6 is 0 Å². The van der Waals surface area contributed by atoms with Crippen molar-refractivity contribution in [2.24, 2.45) is 0 Å². The molecule has 0 unspecified atom stereocenters. The zero-order valence-corrected chi connectivity index (χ0v) is 16.7. The lowest BCUT2D eigenvalue weighted by molar-refractivity contribution is -0.385. The van der Waals surface area contributed by atoms with Crippen molar-refractivity contribution < 1.29 is 19.2 Å². The van der Waals surface area contributed by atoms with Crippen LogP contribution in [0.1, 0.15) is 23.1 Å². The fourth-order valence-corrected chi connectivity index (χ4v) is 4.40. The van der Waals surface area contributed by atoms with Crippen LogP contribution < -0.4 is 4.90 Å². The predicted molar refractivity (Wildman–Crippen MR) is 110 cm³/mol. The van der Waals surface area contributed by atoms with E-state index in [0.29, 0.717) is 31.5 Å². The van der Waals surface area contributed by atoms with Crippen LogP contribution in [-0.2, 0) is 33.7 Å². The number of hydrogen-bond acceptors (Lipinski definition) is 6. The minimum atomic E-state index is -0.674. The van der Waals surface area contributed by atoms with Gasteiger partial charge in [0.2, 0.25) is 5.91 Å². The third-order valence-electron chi connectivity index (χ3n) is 5.89. The van der Waals surface area contributed by atoms with E-state index in [2.05, 4.69) is 0 Å². The average molecular weight is 409 g/mol. The highest BCUT2D eigenvalue weighted by molar-refractivity contribution is 5.88. The molecule has 2 heterocycles. The molecule has 2 aromatic carbocycles.